The van der Waals surface area contributed by atoms with Crippen LogP contribution in [-0.4, -0.2) is 48.2 Å². The Morgan fingerprint density at radius 1 is 1.29 bits per heavy atom. The van der Waals surface area contributed by atoms with E-state index in [9.17, 15) is 9.90 Å². The van der Waals surface area contributed by atoms with Gasteiger partial charge in [0.1, 0.15) is 0 Å². The number of nitrogens with one attached hydrogen (secondary N) is 1. The molecule has 1 fully saturated rings. The Morgan fingerprint density at radius 3 is 2.46 bits per heavy atom. The van der Waals surface area contributed by atoms with Crippen molar-refractivity contribution in [3.63, 3.8) is 0 Å². The second-order valence-corrected chi connectivity index (χ2v) is 7.84. The van der Waals surface area contributed by atoms with Crippen molar-refractivity contribution in [2.24, 2.45) is 5.92 Å². The van der Waals surface area contributed by atoms with Crippen LogP contribution in [0.25, 0.3) is 0 Å². The standard InChI is InChI=1S/C20H32N2O2/c1-15-5-7-17(8-6-15)20(3,4)19(24)21-13-18(23)14-22-11-9-16(2)10-12-22/h5-8,16,18,23H,9-14H2,1-4H3,(H,21,24). The summed E-state index contributed by atoms with van der Waals surface area (Å²) in [6, 6.07) is 8.05. The first-order chi connectivity index (χ1) is 11.3. The van der Waals surface area contributed by atoms with Gasteiger partial charge in [0, 0.05) is 13.1 Å². The number of hydrogen-bond acceptors (Lipinski definition) is 3. The maximum absolute atomic E-state index is 12.6. The van der Waals surface area contributed by atoms with Crippen LogP contribution in [0, 0.1) is 12.8 Å². The van der Waals surface area contributed by atoms with E-state index >= 15 is 0 Å². The minimum Gasteiger partial charge on any atom is -0.390 e. The molecule has 1 unspecified atom stereocenters. The summed E-state index contributed by atoms with van der Waals surface area (Å²) < 4.78 is 0. The molecule has 1 aliphatic rings. The molecule has 0 aliphatic carbocycles. The number of aryl methyl sites for hydroxylation is 1. The van der Waals surface area contributed by atoms with E-state index in [1.54, 1.807) is 0 Å². The average Bonchev–Trinajstić information content (AvgIpc) is 2.55. The number of amides is 1. The number of nitrogens with zero attached hydrogens (tertiary/aromatic N) is 1. The number of piperidine rings is 1. The second kappa shape index (κ2) is 8.13. The third-order valence-corrected chi connectivity index (χ3v) is 5.18. The molecule has 0 spiro atoms. The van der Waals surface area contributed by atoms with Crippen LogP contribution in [0.4, 0.5) is 0 Å². The van der Waals surface area contributed by atoms with Gasteiger partial charge in [-0.2, -0.15) is 0 Å². The Hall–Kier alpha value is -1.39. The van der Waals surface area contributed by atoms with Crippen LogP contribution in [0.1, 0.15) is 44.7 Å². The monoisotopic (exact) mass is 332 g/mol. The summed E-state index contributed by atoms with van der Waals surface area (Å²) in [6.45, 7) is 11.2. The Bertz CT molecular complexity index is 531. The second-order valence-electron chi connectivity index (χ2n) is 7.84. The maximum Gasteiger partial charge on any atom is 0.230 e. The lowest BCUT2D eigenvalue weighted by Gasteiger charge is -2.32. The number of benzene rings is 1. The molecule has 4 nitrogen and oxygen atoms in total. The first kappa shape index (κ1) is 18.9. The van der Waals surface area contributed by atoms with Gasteiger partial charge in [-0.3, -0.25) is 4.79 Å². The molecule has 1 amide bonds. The van der Waals surface area contributed by atoms with E-state index < -0.39 is 11.5 Å². The molecule has 0 radical (unpaired) electrons. The lowest BCUT2D eigenvalue weighted by atomic mass is 9.83. The topological polar surface area (TPSA) is 52.6 Å². The largest absolute Gasteiger partial charge is 0.390 e. The van der Waals surface area contributed by atoms with E-state index in [0.717, 1.165) is 24.6 Å². The molecule has 1 aromatic rings. The third-order valence-electron chi connectivity index (χ3n) is 5.18. The summed E-state index contributed by atoms with van der Waals surface area (Å²) in [4.78, 5) is 14.8. The highest BCUT2D eigenvalue weighted by Crippen LogP contribution is 2.23. The lowest BCUT2D eigenvalue weighted by molar-refractivity contribution is -0.126. The first-order valence-corrected chi connectivity index (χ1v) is 9.05. The summed E-state index contributed by atoms with van der Waals surface area (Å²) in [5.74, 6) is 0.742. The van der Waals surface area contributed by atoms with Crippen molar-refractivity contribution in [2.75, 3.05) is 26.2 Å². The van der Waals surface area contributed by atoms with Gasteiger partial charge in [0.05, 0.1) is 11.5 Å². The third kappa shape index (κ3) is 5.05. The van der Waals surface area contributed by atoms with E-state index in [4.69, 9.17) is 0 Å². The van der Waals surface area contributed by atoms with E-state index in [1.807, 2.05) is 45.0 Å². The predicted molar refractivity (Wildman–Crippen MR) is 98.1 cm³/mol. The van der Waals surface area contributed by atoms with Crippen LogP contribution in [0.5, 0.6) is 0 Å². The van der Waals surface area contributed by atoms with Crippen molar-refractivity contribution in [3.05, 3.63) is 35.4 Å². The number of aliphatic hydroxyl groups is 1. The quantitative estimate of drug-likeness (QED) is 0.841. The van der Waals surface area contributed by atoms with Gasteiger partial charge in [0.2, 0.25) is 5.91 Å². The molecule has 0 saturated carbocycles. The molecular formula is C20H32N2O2. The molecule has 1 aliphatic heterocycles. The average molecular weight is 332 g/mol. The van der Waals surface area contributed by atoms with Gasteiger partial charge >= 0.3 is 0 Å². The summed E-state index contributed by atoms with van der Waals surface area (Å²) in [5.41, 5.74) is 1.57. The van der Waals surface area contributed by atoms with Gasteiger partial charge in [-0.15, -0.1) is 0 Å². The van der Waals surface area contributed by atoms with Crippen LogP contribution in [0.15, 0.2) is 24.3 Å². The van der Waals surface area contributed by atoms with Crippen LogP contribution in [0.3, 0.4) is 0 Å². The van der Waals surface area contributed by atoms with E-state index in [1.165, 1.54) is 18.4 Å². The van der Waals surface area contributed by atoms with E-state index in [0.29, 0.717) is 13.1 Å². The number of rotatable bonds is 6. The molecule has 4 heteroatoms. The maximum atomic E-state index is 12.6. The van der Waals surface area contributed by atoms with Crippen molar-refractivity contribution in [1.82, 2.24) is 10.2 Å². The van der Waals surface area contributed by atoms with Crippen LogP contribution >= 0.6 is 0 Å². The molecule has 2 N–H and O–H groups in total. The fourth-order valence-electron chi connectivity index (χ4n) is 3.14. The Kier molecular flexibility index (Phi) is 6.41. The Balaban J connectivity index is 1.82. The molecule has 24 heavy (non-hydrogen) atoms. The van der Waals surface area contributed by atoms with Crippen LogP contribution in [-0.2, 0) is 10.2 Å². The highest BCUT2D eigenvalue weighted by molar-refractivity contribution is 5.87. The van der Waals surface area contributed by atoms with Crippen molar-refractivity contribution in [3.8, 4) is 0 Å². The van der Waals surface area contributed by atoms with Gasteiger partial charge in [-0.1, -0.05) is 36.8 Å². The van der Waals surface area contributed by atoms with Crippen molar-refractivity contribution >= 4 is 5.91 Å². The smallest absolute Gasteiger partial charge is 0.230 e. The van der Waals surface area contributed by atoms with Gasteiger partial charge in [-0.25, -0.2) is 0 Å². The highest BCUT2D eigenvalue weighted by Gasteiger charge is 2.30. The molecular weight excluding hydrogens is 300 g/mol. The molecule has 134 valence electrons. The zero-order chi connectivity index (χ0) is 17.7. The minimum atomic E-state index is -0.603. The SMILES string of the molecule is Cc1ccc(C(C)(C)C(=O)NCC(O)CN2CCC(C)CC2)cc1. The number of carbonyl (C=O) groups is 1. The number of hydrogen-bond donors (Lipinski definition) is 2. The Morgan fingerprint density at radius 2 is 1.88 bits per heavy atom. The fraction of sp³-hybridized carbons (Fsp3) is 0.650. The fourth-order valence-corrected chi connectivity index (χ4v) is 3.14. The minimum absolute atomic E-state index is 0.0438. The number of carbonyl (C=O) groups excluding carboxylic acids is 1. The predicted octanol–water partition coefficient (Wildman–Crippen LogP) is 2.48. The number of likely N-dealkylation sites (tertiary alicyclic amines) is 1. The van der Waals surface area contributed by atoms with Crippen molar-refractivity contribution < 1.29 is 9.90 Å². The lowest BCUT2D eigenvalue weighted by Crippen LogP contribution is -2.46. The van der Waals surface area contributed by atoms with Crippen LogP contribution < -0.4 is 5.32 Å². The Labute approximate surface area is 146 Å². The van der Waals surface area contributed by atoms with Crippen molar-refractivity contribution in [1.29, 1.82) is 0 Å². The molecule has 1 atom stereocenters. The number of β-amino-alcohol motifs (C(OH)–C–C–N with tert-alkyl or cyclic N) is 1. The van der Waals surface area contributed by atoms with Gasteiger partial charge in [-0.05, 0) is 58.2 Å². The van der Waals surface area contributed by atoms with Crippen LogP contribution in [0.2, 0.25) is 0 Å². The van der Waals surface area contributed by atoms with E-state index in [-0.39, 0.29) is 5.91 Å². The highest BCUT2D eigenvalue weighted by atomic mass is 16.3. The van der Waals surface area contributed by atoms with Gasteiger partial charge in [0.15, 0.2) is 0 Å². The summed E-state index contributed by atoms with van der Waals surface area (Å²) >= 11 is 0. The first-order valence-electron chi connectivity index (χ1n) is 9.05. The van der Waals surface area contributed by atoms with E-state index in [2.05, 4.69) is 17.1 Å². The molecule has 0 aromatic heterocycles. The molecule has 0 bridgehead atoms. The molecule has 1 saturated heterocycles. The van der Waals surface area contributed by atoms with Crippen molar-refractivity contribution in [2.45, 2.75) is 52.1 Å². The summed E-state index contributed by atoms with van der Waals surface area (Å²) in [6.07, 6.45) is 1.87. The normalized spacial score (nSPS) is 18.4. The summed E-state index contributed by atoms with van der Waals surface area (Å²) in [5, 5.41) is 13.2. The number of aliphatic hydroxyl groups excluding tert-OH is 1. The zero-order valence-electron chi connectivity index (χ0n) is 15.5. The van der Waals surface area contributed by atoms with Gasteiger partial charge < -0.3 is 15.3 Å². The molecule has 1 aromatic carbocycles. The summed E-state index contributed by atoms with van der Waals surface area (Å²) in [7, 11) is 0. The molecule has 1 heterocycles. The zero-order valence-corrected chi connectivity index (χ0v) is 15.5. The van der Waals surface area contributed by atoms with Gasteiger partial charge in [0.25, 0.3) is 0 Å². The molecule has 2 rings (SSSR count).